The van der Waals surface area contributed by atoms with Gasteiger partial charge in [0.05, 0.1) is 18.8 Å². The summed E-state index contributed by atoms with van der Waals surface area (Å²) >= 11 is 0. The minimum atomic E-state index is -1.67. The van der Waals surface area contributed by atoms with E-state index in [0.717, 1.165) is 6.92 Å². The van der Waals surface area contributed by atoms with Crippen LogP contribution in [-0.2, 0) is 19.2 Å². The Balaban J connectivity index is 5.32. The molecule has 0 rings (SSSR count). The van der Waals surface area contributed by atoms with Crippen LogP contribution in [0.15, 0.2) is 9.98 Å². The van der Waals surface area contributed by atoms with Crippen molar-refractivity contribution in [1.29, 1.82) is 0 Å². The third-order valence-electron chi connectivity index (χ3n) is 4.74. The van der Waals surface area contributed by atoms with Gasteiger partial charge >= 0.3 is 5.97 Å². The molecule has 0 aliphatic heterocycles. The summed E-state index contributed by atoms with van der Waals surface area (Å²) in [5, 5.41) is 34.9. The van der Waals surface area contributed by atoms with Gasteiger partial charge in [0.1, 0.15) is 12.1 Å². The van der Waals surface area contributed by atoms with Gasteiger partial charge in [0.25, 0.3) is 0 Å². The van der Waals surface area contributed by atoms with Gasteiger partial charge in [0, 0.05) is 13.1 Å². The van der Waals surface area contributed by atoms with Crippen LogP contribution < -0.4 is 44.6 Å². The minimum absolute atomic E-state index is 0.0419. The van der Waals surface area contributed by atoms with E-state index < -0.39 is 60.6 Å². The Hall–Kier alpha value is -3.70. The van der Waals surface area contributed by atoms with Crippen molar-refractivity contribution >= 4 is 35.6 Å². The fourth-order valence-corrected chi connectivity index (χ4v) is 2.81. The standard InChI is InChI=1S/C19H38N10O7/c1-9(31)13(17(35)36)29-16(34)12(8-30)28-15(33)11(5-3-7-26-19(23)24)27-14(32)10(20)4-2-6-25-18(21)22/h9-13,30-31H,2-8,20H2,1H3,(H,27,32)(H,28,33)(H,29,34)(H,35,36)(H4,21,22,25)(H4,23,24,26). The van der Waals surface area contributed by atoms with Gasteiger partial charge in [-0.15, -0.1) is 0 Å². The maximum atomic E-state index is 12.8. The van der Waals surface area contributed by atoms with Gasteiger partial charge in [0.2, 0.25) is 17.7 Å². The van der Waals surface area contributed by atoms with Gasteiger partial charge in [-0.2, -0.15) is 0 Å². The number of rotatable bonds is 17. The Morgan fingerprint density at radius 2 is 1.28 bits per heavy atom. The number of aliphatic hydroxyl groups is 2. The molecule has 0 saturated carbocycles. The fourth-order valence-electron chi connectivity index (χ4n) is 2.81. The van der Waals surface area contributed by atoms with Gasteiger partial charge in [-0.25, -0.2) is 4.79 Å². The molecule has 17 heteroatoms. The zero-order valence-electron chi connectivity index (χ0n) is 20.1. The molecule has 36 heavy (non-hydrogen) atoms. The molecular formula is C19H38N10O7. The first kappa shape index (κ1) is 32.3. The SMILES string of the molecule is CC(O)C(NC(=O)C(CO)NC(=O)C(CCCN=C(N)N)NC(=O)C(N)CCCN=C(N)N)C(=O)O. The van der Waals surface area contributed by atoms with Crippen molar-refractivity contribution in [3.05, 3.63) is 0 Å². The zero-order valence-corrected chi connectivity index (χ0v) is 20.1. The van der Waals surface area contributed by atoms with Gasteiger partial charge in [-0.05, 0) is 32.6 Å². The number of carboxylic acid groups (broad SMARTS) is 1. The Labute approximate surface area is 207 Å². The van der Waals surface area contributed by atoms with Gasteiger partial charge < -0.3 is 59.9 Å². The number of amides is 3. The van der Waals surface area contributed by atoms with Crippen molar-refractivity contribution in [3.63, 3.8) is 0 Å². The van der Waals surface area contributed by atoms with E-state index in [0.29, 0.717) is 6.42 Å². The summed E-state index contributed by atoms with van der Waals surface area (Å²) in [6.07, 6.45) is -0.537. The van der Waals surface area contributed by atoms with Crippen molar-refractivity contribution in [1.82, 2.24) is 16.0 Å². The van der Waals surface area contributed by atoms with Gasteiger partial charge in [-0.1, -0.05) is 0 Å². The number of carboxylic acids is 1. The molecule has 0 heterocycles. The smallest absolute Gasteiger partial charge is 0.328 e. The molecule has 0 radical (unpaired) electrons. The van der Waals surface area contributed by atoms with Crippen LogP contribution in [0.4, 0.5) is 0 Å². The third kappa shape index (κ3) is 13.3. The molecule has 0 aromatic heterocycles. The van der Waals surface area contributed by atoms with Crippen molar-refractivity contribution < 1.29 is 34.5 Å². The normalized spacial score (nSPS) is 14.8. The summed E-state index contributed by atoms with van der Waals surface area (Å²) in [7, 11) is 0. The third-order valence-corrected chi connectivity index (χ3v) is 4.74. The lowest BCUT2D eigenvalue weighted by Crippen LogP contribution is -2.59. The van der Waals surface area contributed by atoms with E-state index in [1.165, 1.54) is 0 Å². The molecule has 0 aromatic carbocycles. The minimum Gasteiger partial charge on any atom is -0.480 e. The molecular weight excluding hydrogens is 480 g/mol. The predicted octanol–water partition coefficient (Wildman–Crippen LogP) is -5.67. The average molecular weight is 519 g/mol. The first-order valence-corrected chi connectivity index (χ1v) is 11.1. The second kappa shape index (κ2) is 16.8. The maximum absolute atomic E-state index is 12.8. The molecule has 0 saturated heterocycles. The summed E-state index contributed by atoms with van der Waals surface area (Å²) in [6, 6.07) is -5.42. The van der Waals surface area contributed by atoms with E-state index in [1.807, 2.05) is 5.32 Å². The largest absolute Gasteiger partial charge is 0.480 e. The first-order valence-electron chi connectivity index (χ1n) is 11.1. The molecule has 206 valence electrons. The Morgan fingerprint density at radius 1 is 0.806 bits per heavy atom. The quantitative estimate of drug-likeness (QED) is 0.0487. The maximum Gasteiger partial charge on any atom is 0.328 e. The predicted molar refractivity (Wildman–Crippen MR) is 130 cm³/mol. The molecule has 0 aliphatic rings. The number of aliphatic imine (C=N–C) groups is 2. The van der Waals surface area contributed by atoms with E-state index in [4.69, 9.17) is 33.8 Å². The van der Waals surface area contributed by atoms with Crippen LogP contribution in [0.5, 0.6) is 0 Å². The van der Waals surface area contributed by atoms with Crippen molar-refractivity contribution in [2.75, 3.05) is 19.7 Å². The topological polar surface area (TPSA) is 320 Å². The number of hydrogen-bond donors (Lipinski definition) is 11. The molecule has 0 aliphatic carbocycles. The molecule has 3 amide bonds. The number of carbonyl (C=O) groups excluding carboxylic acids is 3. The van der Waals surface area contributed by atoms with Crippen molar-refractivity contribution in [2.45, 2.75) is 62.9 Å². The number of nitrogens with two attached hydrogens (primary N) is 5. The fraction of sp³-hybridized carbons (Fsp3) is 0.684. The molecule has 5 atom stereocenters. The number of nitrogens with zero attached hydrogens (tertiary/aromatic N) is 2. The highest BCUT2D eigenvalue weighted by atomic mass is 16.4. The molecule has 0 bridgehead atoms. The molecule has 0 aromatic rings. The number of aliphatic hydroxyl groups excluding tert-OH is 2. The Morgan fingerprint density at radius 3 is 1.72 bits per heavy atom. The molecule has 0 fully saturated rings. The van der Waals surface area contributed by atoms with E-state index in [2.05, 4.69) is 20.6 Å². The lowest BCUT2D eigenvalue weighted by atomic mass is 10.1. The van der Waals surface area contributed by atoms with Crippen LogP contribution in [0, 0.1) is 0 Å². The second-order valence-corrected chi connectivity index (χ2v) is 7.87. The van der Waals surface area contributed by atoms with E-state index in [9.17, 15) is 29.4 Å². The van der Waals surface area contributed by atoms with Crippen molar-refractivity contribution in [3.8, 4) is 0 Å². The monoisotopic (exact) mass is 518 g/mol. The van der Waals surface area contributed by atoms with Crippen LogP contribution in [0.3, 0.4) is 0 Å². The number of hydrogen-bond acceptors (Lipinski definition) is 9. The van der Waals surface area contributed by atoms with Crippen LogP contribution in [0.2, 0.25) is 0 Å². The van der Waals surface area contributed by atoms with Crippen LogP contribution >= 0.6 is 0 Å². The molecule has 5 unspecified atom stereocenters. The zero-order chi connectivity index (χ0) is 27.8. The number of aliphatic carboxylic acids is 1. The highest BCUT2D eigenvalue weighted by Gasteiger charge is 2.31. The van der Waals surface area contributed by atoms with Gasteiger partial charge in [0.15, 0.2) is 18.0 Å². The summed E-state index contributed by atoms with van der Waals surface area (Å²) in [5.41, 5.74) is 26.9. The summed E-state index contributed by atoms with van der Waals surface area (Å²) in [4.78, 5) is 56.5. The second-order valence-electron chi connectivity index (χ2n) is 7.87. The molecule has 17 nitrogen and oxygen atoms in total. The molecule has 16 N–H and O–H groups in total. The lowest BCUT2D eigenvalue weighted by Gasteiger charge is -2.25. The first-order chi connectivity index (χ1) is 16.8. The van der Waals surface area contributed by atoms with Gasteiger partial charge in [-0.3, -0.25) is 24.4 Å². The van der Waals surface area contributed by atoms with E-state index in [1.54, 1.807) is 0 Å². The summed E-state index contributed by atoms with van der Waals surface area (Å²) < 4.78 is 0. The highest BCUT2D eigenvalue weighted by Crippen LogP contribution is 2.03. The average Bonchev–Trinajstić information content (AvgIpc) is 2.79. The summed E-state index contributed by atoms with van der Waals surface area (Å²) in [5.74, 6) is -4.34. The van der Waals surface area contributed by atoms with Crippen LogP contribution in [0.25, 0.3) is 0 Å². The number of carbonyl (C=O) groups is 4. The lowest BCUT2D eigenvalue weighted by molar-refractivity contribution is -0.145. The highest BCUT2D eigenvalue weighted by molar-refractivity contribution is 5.94. The molecule has 0 spiro atoms. The van der Waals surface area contributed by atoms with Crippen molar-refractivity contribution in [2.24, 2.45) is 38.7 Å². The Kier molecular flexibility index (Phi) is 15.1. The Bertz CT molecular complexity index is 797. The van der Waals surface area contributed by atoms with Crippen LogP contribution in [-0.4, -0.2) is 101 Å². The number of guanidine groups is 2. The van der Waals surface area contributed by atoms with E-state index >= 15 is 0 Å². The number of nitrogens with one attached hydrogen (secondary N) is 3. The van der Waals surface area contributed by atoms with Crippen LogP contribution in [0.1, 0.15) is 32.6 Å². The van der Waals surface area contributed by atoms with E-state index in [-0.39, 0.29) is 44.3 Å². The summed E-state index contributed by atoms with van der Waals surface area (Å²) in [6.45, 7) is 0.658.